The summed E-state index contributed by atoms with van der Waals surface area (Å²) in [6.07, 6.45) is 8.50. The normalized spacial score (nSPS) is 12.6. The summed E-state index contributed by atoms with van der Waals surface area (Å²) in [5.74, 6) is 0. The molecule has 1 aliphatic carbocycles. The second kappa shape index (κ2) is 13.1. The van der Waals surface area contributed by atoms with Gasteiger partial charge >= 0.3 is 24.8 Å². The van der Waals surface area contributed by atoms with Crippen LogP contribution in [-0.4, -0.2) is 0 Å². The molecule has 1 aliphatic rings. The Morgan fingerprint density at radius 2 is 0.846 bits per heavy atom. The van der Waals surface area contributed by atoms with E-state index in [0.717, 1.165) is 0 Å². The molecule has 26 heavy (non-hydrogen) atoms. The first kappa shape index (κ1) is 21.2. The minimum atomic E-state index is -0.446. The van der Waals surface area contributed by atoms with Crippen molar-refractivity contribution >= 4 is 34.0 Å². The molecule has 0 nitrogen and oxygen atoms in total. The number of halogens is 1. The molecule has 2 radical (unpaired) electrons. The van der Waals surface area contributed by atoms with E-state index in [2.05, 4.69) is 129 Å². The largest absolute Gasteiger partial charge is 0.0622 e. The first-order valence-electron chi connectivity index (χ1n) is 8.67. The van der Waals surface area contributed by atoms with Crippen molar-refractivity contribution in [1.29, 1.82) is 0 Å². The maximum absolute atomic E-state index is 4.26. The number of benzene rings is 3. The molecule has 137 valence electrons. The van der Waals surface area contributed by atoms with Crippen molar-refractivity contribution in [1.82, 2.24) is 0 Å². The molecule has 1 fully saturated rings. The van der Waals surface area contributed by atoms with Crippen molar-refractivity contribution in [2.75, 3.05) is 0 Å². The molecular formula is C23H23ClNiP. The Hall–Kier alpha value is -1.13. The van der Waals surface area contributed by atoms with Crippen molar-refractivity contribution in [3.63, 3.8) is 0 Å². The van der Waals surface area contributed by atoms with E-state index in [1.165, 1.54) is 35.2 Å². The van der Waals surface area contributed by atoms with Gasteiger partial charge in [0.25, 0.3) is 0 Å². The predicted octanol–water partition coefficient (Wildman–Crippen LogP) is 5.71. The molecule has 4 rings (SSSR count). The van der Waals surface area contributed by atoms with Gasteiger partial charge in [-0.05, 0) is 49.5 Å². The molecule has 0 aromatic heterocycles. The molecule has 0 unspecified atom stereocenters. The molecule has 0 saturated heterocycles. The van der Waals surface area contributed by atoms with Gasteiger partial charge in [-0.15, -0.1) is 0 Å². The van der Waals surface area contributed by atoms with E-state index >= 15 is 0 Å². The maximum Gasteiger partial charge on any atom is -0.0134 e. The summed E-state index contributed by atoms with van der Waals surface area (Å²) in [5.41, 5.74) is 0. The zero-order valence-electron chi connectivity index (χ0n) is 14.6. The van der Waals surface area contributed by atoms with Crippen LogP contribution in [0.25, 0.3) is 0 Å². The summed E-state index contributed by atoms with van der Waals surface area (Å²) in [6, 6.07) is 32.3. The van der Waals surface area contributed by atoms with Crippen molar-refractivity contribution in [2.45, 2.75) is 19.3 Å². The van der Waals surface area contributed by atoms with Crippen LogP contribution in [-0.2, 0) is 14.6 Å². The zero-order chi connectivity index (χ0) is 18.5. The van der Waals surface area contributed by atoms with Crippen LogP contribution >= 0.6 is 18.1 Å². The quantitative estimate of drug-likeness (QED) is 0.373. The van der Waals surface area contributed by atoms with Crippen molar-refractivity contribution in [3.8, 4) is 0 Å². The van der Waals surface area contributed by atoms with Crippen molar-refractivity contribution in [3.05, 3.63) is 104 Å². The second-order valence-corrected chi connectivity index (χ2v) is 7.96. The Labute approximate surface area is 171 Å². The first-order chi connectivity index (χ1) is 12.9. The van der Waals surface area contributed by atoms with Crippen molar-refractivity contribution < 1.29 is 14.6 Å². The van der Waals surface area contributed by atoms with Crippen LogP contribution in [0.4, 0.5) is 0 Å². The number of hydrogen-bond donors (Lipinski definition) is 0. The Morgan fingerprint density at radius 3 is 1.08 bits per heavy atom. The van der Waals surface area contributed by atoms with E-state index < -0.39 is 7.92 Å². The minimum absolute atomic E-state index is 0.446. The summed E-state index contributed by atoms with van der Waals surface area (Å²) in [7, 11) is 3.82. The van der Waals surface area contributed by atoms with Gasteiger partial charge in [-0.25, -0.2) is 0 Å². The SMILES string of the molecule is [CH]1[CH]CCC1.[Cl][Ni].c1ccc(P(c2ccccc2)c2ccccc2)cc1. The van der Waals surface area contributed by atoms with E-state index in [0.29, 0.717) is 0 Å². The molecule has 0 amide bonds. The van der Waals surface area contributed by atoms with Crippen molar-refractivity contribution in [2.24, 2.45) is 0 Å². The Balaban J connectivity index is 0.000000295. The molecular weight excluding hydrogens is 401 g/mol. The zero-order valence-corrected chi connectivity index (χ0v) is 17.2. The molecule has 3 heteroatoms. The van der Waals surface area contributed by atoms with E-state index in [1.807, 2.05) is 0 Å². The second-order valence-electron chi connectivity index (χ2n) is 5.74. The van der Waals surface area contributed by atoms with E-state index in [4.69, 9.17) is 0 Å². The van der Waals surface area contributed by atoms with Gasteiger partial charge in [0.05, 0.1) is 0 Å². The minimum Gasteiger partial charge on any atom is -0.0622 e. The summed E-state index contributed by atoms with van der Waals surface area (Å²) in [4.78, 5) is 0. The van der Waals surface area contributed by atoms with Gasteiger partial charge in [-0.3, -0.25) is 0 Å². The van der Waals surface area contributed by atoms with Crippen LogP contribution in [0.1, 0.15) is 19.3 Å². The molecule has 0 spiro atoms. The fourth-order valence-corrected chi connectivity index (χ4v) is 5.07. The molecule has 0 aliphatic heterocycles. The number of hydrogen-bond acceptors (Lipinski definition) is 0. The van der Waals surface area contributed by atoms with E-state index in [1.54, 1.807) is 0 Å². The third-order valence-electron chi connectivity index (χ3n) is 3.95. The molecule has 0 heterocycles. The average molecular weight is 425 g/mol. The predicted molar refractivity (Wildman–Crippen MR) is 113 cm³/mol. The molecule has 0 bridgehead atoms. The molecule has 0 N–H and O–H groups in total. The van der Waals surface area contributed by atoms with E-state index in [9.17, 15) is 0 Å². The van der Waals surface area contributed by atoms with Gasteiger partial charge in [0, 0.05) is 0 Å². The molecule has 0 atom stereocenters. The number of rotatable bonds is 3. The fraction of sp³-hybridized carbons (Fsp3) is 0.130. The summed E-state index contributed by atoms with van der Waals surface area (Å²) in [5, 5.41) is 4.19. The standard InChI is InChI=1S/C18H15P.C5H8.ClH.Ni/c1-4-10-16(11-5-1)19(17-12-6-2-7-13-17)18-14-8-3-9-15-18;1-2-4-5-3-1;;/h1-15H;1-2H,3-5H2;1H;/q;;;+1/p-1. The first-order valence-corrected chi connectivity index (χ1v) is 11.4. The molecule has 3 aromatic rings. The monoisotopic (exact) mass is 423 g/mol. The smallest absolute Gasteiger partial charge is 0.0134 e. The van der Waals surface area contributed by atoms with Gasteiger partial charge in [0.2, 0.25) is 0 Å². The van der Waals surface area contributed by atoms with Gasteiger partial charge in [0.1, 0.15) is 0 Å². The maximum atomic E-state index is 4.26. The molecule has 1 saturated carbocycles. The Kier molecular flexibility index (Phi) is 10.7. The van der Waals surface area contributed by atoms with E-state index in [-0.39, 0.29) is 0 Å². The summed E-state index contributed by atoms with van der Waals surface area (Å²) >= 11 is 3.35. The average Bonchev–Trinajstić information content (AvgIpc) is 3.33. The third kappa shape index (κ3) is 6.88. The van der Waals surface area contributed by atoms with Crippen LogP contribution in [0.15, 0.2) is 91.0 Å². The Morgan fingerprint density at radius 1 is 0.538 bits per heavy atom. The van der Waals surface area contributed by atoms with Crippen LogP contribution < -0.4 is 15.9 Å². The van der Waals surface area contributed by atoms with Gasteiger partial charge in [-0.1, -0.05) is 97.4 Å². The van der Waals surface area contributed by atoms with Gasteiger partial charge in [0.15, 0.2) is 0 Å². The van der Waals surface area contributed by atoms with Gasteiger partial charge in [-0.2, -0.15) is 0 Å². The van der Waals surface area contributed by atoms with Crippen LogP contribution in [0, 0.1) is 12.8 Å². The van der Waals surface area contributed by atoms with Crippen LogP contribution in [0.3, 0.4) is 0 Å². The van der Waals surface area contributed by atoms with Crippen LogP contribution in [0.5, 0.6) is 0 Å². The van der Waals surface area contributed by atoms with Crippen LogP contribution in [0.2, 0.25) is 0 Å². The third-order valence-corrected chi connectivity index (χ3v) is 6.40. The fourth-order valence-electron chi connectivity index (χ4n) is 2.77. The molecule has 3 aromatic carbocycles. The summed E-state index contributed by atoms with van der Waals surface area (Å²) < 4.78 is 0. The Bertz CT molecular complexity index is 599. The van der Waals surface area contributed by atoms with Gasteiger partial charge < -0.3 is 0 Å². The topological polar surface area (TPSA) is 0 Å². The summed E-state index contributed by atoms with van der Waals surface area (Å²) in [6.45, 7) is 0.